The molecule has 3 rings (SSSR count). The number of urea groups is 1. The molecule has 0 fully saturated rings. The van der Waals surface area contributed by atoms with Crippen molar-refractivity contribution in [3.8, 4) is 5.75 Å². The van der Waals surface area contributed by atoms with Crippen LogP contribution in [0.15, 0.2) is 36.5 Å². The average Bonchev–Trinajstić information content (AvgIpc) is 3.19. The number of carbonyl (C=O) groups is 1. The Morgan fingerprint density at radius 2 is 2.20 bits per heavy atom. The monoisotopic (exact) mass is 343 g/mol. The first-order valence-electron chi connectivity index (χ1n) is 8.50. The van der Waals surface area contributed by atoms with E-state index in [9.17, 15) is 4.79 Å². The number of ether oxygens (including phenoxy) is 1. The number of likely N-dealkylation sites (N-methyl/N-ethyl adjacent to an activating group) is 1. The largest absolute Gasteiger partial charge is 0.493 e. The second kappa shape index (κ2) is 7.57. The zero-order chi connectivity index (χ0) is 17.8. The minimum atomic E-state index is -0.255. The van der Waals surface area contributed by atoms with E-state index in [2.05, 4.69) is 26.7 Å². The van der Waals surface area contributed by atoms with Gasteiger partial charge in [0.1, 0.15) is 5.75 Å². The van der Waals surface area contributed by atoms with Gasteiger partial charge in [0.2, 0.25) is 0 Å². The summed E-state index contributed by atoms with van der Waals surface area (Å²) in [5, 5.41) is 10.1. The third kappa shape index (κ3) is 4.30. The number of para-hydroxylation sites is 1. The number of hydrogen-bond acceptors (Lipinski definition) is 4. The third-order valence-corrected chi connectivity index (χ3v) is 4.36. The van der Waals surface area contributed by atoms with Gasteiger partial charge < -0.3 is 15.0 Å². The highest BCUT2D eigenvalue weighted by Gasteiger charge is 2.29. The Kier molecular flexibility index (Phi) is 5.23. The molecule has 1 aliphatic rings. The van der Waals surface area contributed by atoms with Crippen molar-refractivity contribution in [2.45, 2.75) is 25.4 Å². The molecule has 2 heterocycles. The zero-order valence-corrected chi connectivity index (χ0v) is 14.9. The summed E-state index contributed by atoms with van der Waals surface area (Å²) in [4.78, 5) is 14.3. The van der Waals surface area contributed by atoms with E-state index >= 15 is 0 Å². The van der Waals surface area contributed by atoms with Crippen molar-refractivity contribution in [2.75, 3.05) is 32.6 Å². The molecule has 2 atom stereocenters. The van der Waals surface area contributed by atoms with Crippen LogP contribution >= 0.6 is 0 Å². The molecule has 2 amide bonds. The van der Waals surface area contributed by atoms with Crippen LogP contribution in [0.2, 0.25) is 0 Å². The summed E-state index contributed by atoms with van der Waals surface area (Å²) in [5.74, 6) is 1.60. The van der Waals surface area contributed by atoms with E-state index in [0.29, 0.717) is 12.4 Å². The minimum Gasteiger partial charge on any atom is -0.493 e. The standard InChI is InChI=1S/C18H25N5O2/c1-13(15-12-25-16-7-5-4-6-14(15)16)19-18(24)20-17-8-9-23(21-17)11-10-22(2)3/h4-9,13,15H,10-12H2,1-3H3,(H2,19,20,21,24)/t13-,15+/m1/s1. The number of nitrogens with zero attached hydrogens (tertiary/aromatic N) is 3. The predicted molar refractivity (Wildman–Crippen MR) is 97.1 cm³/mol. The van der Waals surface area contributed by atoms with Gasteiger partial charge in [-0.3, -0.25) is 10.00 Å². The van der Waals surface area contributed by atoms with Crippen LogP contribution in [0.5, 0.6) is 5.75 Å². The zero-order valence-electron chi connectivity index (χ0n) is 14.9. The molecule has 0 unspecified atom stereocenters. The second-order valence-corrected chi connectivity index (χ2v) is 6.61. The van der Waals surface area contributed by atoms with Crippen LogP contribution in [-0.2, 0) is 6.54 Å². The summed E-state index contributed by atoms with van der Waals surface area (Å²) in [6, 6.07) is 9.47. The molecule has 2 N–H and O–H groups in total. The quantitative estimate of drug-likeness (QED) is 0.843. The number of rotatable bonds is 6. The van der Waals surface area contributed by atoms with Gasteiger partial charge in [-0.25, -0.2) is 4.79 Å². The molecule has 7 heteroatoms. The van der Waals surface area contributed by atoms with Crippen LogP contribution in [-0.4, -0.2) is 54.0 Å². The fourth-order valence-corrected chi connectivity index (χ4v) is 2.92. The van der Waals surface area contributed by atoms with Gasteiger partial charge in [-0.1, -0.05) is 18.2 Å². The van der Waals surface area contributed by atoms with Crippen molar-refractivity contribution in [1.29, 1.82) is 0 Å². The van der Waals surface area contributed by atoms with Crippen LogP contribution in [0, 0.1) is 0 Å². The molecule has 0 spiro atoms. The number of anilines is 1. The minimum absolute atomic E-state index is 0.0422. The van der Waals surface area contributed by atoms with Crippen molar-refractivity contribution in [1.82, 2.24) is 20.0 Å². The smallest absolute Gasteiger partial charge is 0.320 e. The SMILES string of the molecule is C[C@@H](NC(=O)Nc1ccn(CCN(C)C)n1)[C@@H]1COc2ccccc21. The topological polar surface area (TPSA) is 71.4 Å². The van der Waals surface area contributed by atoms with E-state index in [4.69, 9.17) is 4.74 Å². The Morgan fingerprint density at radius 3 is 3.00 bits per heavy atom. The van der Waals surface area contributed by atoms with Crippen molar-refractivity contribution < 1.29 is 9.53 Å². The van der Waals surface area contributed by atoms with E-state index in [1.54, 1.807) is 6.07 Å². The summed E-state index contributed by atoms with van der Waals surface area (Å²) >= 11 is 0. The maximum absolute atomic E-state index is 12.2. The summed E-state index contributed by atoms with van der Waals surface area (Å²) in [6.45, 7) is 4.25. The number of hydrogen-bond donors (Lipinski definition) is 2. The van der Waals surface area contributed by atoms with Crippen molar-refractivity contribution in [3.63, 3.8) is 0 Å². The lowest BCUT2D eigenvalue weighted by atomic mass is 9.94. The molecule has 1 aliphatic heterocycles. The normalized spacial score (nSPS) is 17.0. The van der Waals surface area contributed by atoms with Gasteiger partial charge in [0.15, 0.2) is 5.82 Å². The first kappa shape index (κ1) is 17.3. The highest BCUT2D eigenvalue weighted by Crippen LogP contribution is 2.35. The van der Waals surface area contributed by atoms with E-state index < -0.39 is 0 Å². The van der Waals surface area contributed by atoms with E-state index in [1.807, 2.05) is 50.1 Å². The van der Waals surface area contributed by atoms with Crippen molar-refractivity contribution >= 4 is 11.8 Å². The molecule has 0 saturated heterocycles. The van der Waals surface area contributed by atoms with Crippen molar-refractivity contribution in [3.05, 3.63) is 42.1 Å². The van der Waals surface area contributed by atoms with Gasteiger partial charge >= 0.3 is 6.03 Å². The molecule has 2 aromatic rings. The van der Waals surface area contributed by atoms with Crippen LogP contribution in [0.4, 0.5) is 10.6 Å². The molecular weight excluding hydrogens is 318 g/mol. The number of nitrogens with one attached hydrogen (secondary N) is 2. The van der Waals surface area contributed by atoms with Crippen LogP contribution in [0.1, 0.15) is 18.4 Å². The number of carbonyl (C=O) groups excluding carboxylic acids is 1. The lowest BCUT2D eigenvalue weighted by molar-refractivity contribution is 0.244. The maximum Gasteiger partial charge on any atom is 0.320 e. The van der Waals surface area contributed by atoms with Gasteiger partial charge in [0, 0.05) is 36.3 Å². The van der Waals surface area contributed by atoms with Crippen LogP contribution in [0.3, 0.4) is 0 Å². The van der Waals surface area contributed by atoms with Crippen LogP contribution in [0.25, 0.3) is 0 Å². The van der Waals surface area contributed by atoms with E-state index in [1.165, 1.54) is 0 Å². The first-order valence-corrected chi connectivity index (χ1v) is 8.50. The highest BCUT2D eigenvalue weighted by atomic mass is 16.5. The highest BCUT2D eigenvalue weighted by molar-refractivity contribution is 5.88. The molecule has 1 aromatic carbocycles. The molecule has 0 radical (unpaired) electrons. The first-order chi connectivity index (χ1) is 12.0. The molecule has 1 aromatic heterocycles. The maximum atomic E-state index is 12.2. The Labute approximate surface area is 148 Å². The number of amides is 2. The van der Waals surface area contributed by atoms with Gasteiger partial charge in [0.25, 0.3) is 0 Å². The van der Waals surface area contributed by atoms with Gasteiger partial charge in [-0.2, -0.15) is 5.10 Å². The molecule has 134 valence electrons. The Morgan fingerprint density at radius 1 is 1.40 bits per heavy atom. The predicted octanol–water partition coefficient (Wildman–Crippen LogP) is 2.13. The number of aromatic nitrogens is 2. The fraction of sp³-hybridized carbons (Fsp3) is 0.444. The summed E-state index contributed by atoms with van der Waals surface area (Å²) in [7, 11) is 4.03. The summed E-state index contributed by atoms with van der Waals surface area (Å²) < 4.78 is 7.51. The van der Waals surface area contributed by atoms with Gasteiger partial charge in [0.05, 0.1) is 13.2 Å². The molecule has 25 heavy (non-hydrogen) atoms. The third-order valence-electron chi connectivity index (χ3n) is 4.36. The van der Waals surface area contributed by atoms with Gasteiger partial charge in [-0.05, 0) is 27.1 Å². The Balaban J connectivity index is 1.53. The molecule has 0 saturated carbocycles. The van der Waals surface area contributed by atoms with Crippen molar-refractivity contribution in [2.24, 2.45) is 0 Å². The van der Waals surface area contributed by atoms with Gasteiger partial charge in [-0.15, -0.1) is 0 Å². The average molecular weight is 343 g/mol. The fourth-order valence-electron chi connectivity index (χ4n) is 2.92. The summed E-state index contributed by atoms with van der Waals surface area (Å²) in [5.41, 5.74) is 1.14. The molecule has 0 bridgehead atoms. The number of benzene rings is 1. The summed E-state index contributed by atoms with van der Waals surface area (Å²) in [6.07, 6.45) is 1.86. The lowest BCUT2D eigenvalue weighted by Crippen LogP contribution is -2.40. The molecular formula is C18H25N5O2. The Bertz CT molecular complexity index is 728. The van der Waals surface area contributed by atoms with Crippen LogP contribution < -0.4 is 15.4 Å². The second-order valence-electron chi connectivity index (χ2n) is 6.61. The van der Waals surface area contributed by atoms with E-state index in [0.717, 1.165) is 24.4 Å². The van der Waals surface area contributed by atoms with E-state index in [-0.39, 0.29) is 18.0 Å². The molecule has 0 aliphatic carbocycles. The lowest BCUT2D eigenvalue weighted by Gasteiger charge is -2.19. The Hall–Kier alpha value is -2.54. The molecule has 7 nitrogen and oxygen atoms in total. The number of fused-ring (bicyclic) bond motifs is 1.